The first-order valence-corrected chi connectivity index (χ1v) is 6.36. The van der Waals surface area contributed by atoms with E-state index >= 15 is 0 Å². The third kappa shape index (κ3) is 4.51. The van der Waals surface area contributed by atoms with Gasteiger partial charge in [0.1, 0.15) is 5.75 Å². The van der Waals surface area contributed by atoms with Gasteiger partial charge in [-0.1, -0.05) is 26.0 Å². The Morgan fingerprint density at radius 2 is 2.00 bits per heavy atom. The highest BCUT2D eigenvalue weighted by molar-refractivity contribution is 5.98. The number of ether oxygens (including phenoxy) is 1. The summed E-state index contributed by atoms with van der Waals surface area (Å²) in [5.41, 5.74) is 0.724. The molecule has 1 aromatic carbocycles. The van der Waals surface area contributed by atoms with E-state index in [1.165, 1.54) is 0 Å². The SMILES string of the molecule is CCC(C(C)C(=O)c1cccc(OC)c1)N(C)C.Cl. The molecule has 0 saturated heterocycles. The van der Waals surface area contributed by atoms with Crippen LogP contribution in [0.15, 0.2) is 24.3 Å². The maximum Gasteiger partial charge on any atom is 0.167 e. The molecular weight excluding hydrogens is 262 g/mol. The van der Waals surface area contributed by atoms with Crippen LogP contribution in [0.2, 0.25) is 0 Å². The van der Waals surface area contributed by atoms with Gasteiger partial charge in [-0.2, -0.15) is 0 Å². The number of ketones is 1. The molecule has 0 bridgehead atoms. The summed E-state index contributed by atoms with van der Waals surface area (Å²) >= 11 is 0. The van der Waals surface area contributed by atoms with Crippen molar-refractivity contribution in [2.45, 2.75) is 26.3 Å². The molecule has 0 aliphatic carbocycles. The van der Waals surface area contributed by atoms with Crippen LogP contribution in [0, 0.1) is 5.92 Å². The van der Waals surface area contributed by atoms with Crippen molar-refractivity contribution in [1.29, 1.82) is 0 Å². The minimum absolute atomic E-state index is 0. The van der Waals surface area contributed by atoms with Crippen LogP contribution in [0.4, 0.5) is 0 Å². The smallest absolute Gasteiger partial charge is 0.167 e. The van der Waals surface area contributed by atoms with E-state index in [9.17, 15) is 4.79 Å². The fourth-order valence-electron chi connectivity index (χ4n) is 2.38. The van der Waals surface area contributed by atoms with Gasteiger partial charge in [0.2, 0.25) is 0 Å². The second kappa shape index (κ2) is 8.18. The molecule has 1 rings (SSSR count). The molecule has 0 aliphatic rings. The lowest BCUT2D eigenvalue weighted by Gasteiger charge is -2.28. The number of rotatable bonds is 6. The molecule has 0 spiro atoms. The predicted octanol–water partition coefficient (Wildman–Crippen LogP) is 3.28. The van der Waals surface area contributed by atoms with E-state index in [0.29, 0.717) is 0 Å². The summed E-state index contributed by atoms with van der Waals surface area (Å²) in [4.78, 5) is 14.5. The van der Waals surface area contributed by atoms with E-state index in [-0.39, 0.29) is 30.2 Å². The highest BCUT2D eigenvalue weighted by atomic mass is 35.5. The molecule has 0 heterocycles. The van der Waals surface area contributed by atoms with E-state index in [1.807, 2.05) is 39.2 Å². The molecular formula is C15H24ClNO2. The van der Waals surface area contributed by atoms with Gasteiger partial charge >= 0.3 is 0 Å². The monoisotopic (exact) mass is 285 g/mol. The highest BCUT2D eigenvalue weighted by Crippen LogP contribution is 2.20. The van der Waals surface area contributed by atoms with Gasteiger partial charge in [-0.3, -0.25) is 4.79 Å². The standard InChI is InChI=1S/C15H23NO2.ClH/c1-6-14(16(3)4)11(2)15(17)12-8-7-9-13(10-12)18-5;/h7-11,14H,6H2,1-5H3;1H. The lowest BCUT2D eigenvalue weighted by Crippen LogP contribution is -2.37. The number of benzene rings is 1. The zero-order valence-corrected chi connectivity index (χ0v) is 13.2. The van der Waals surface area contributed by atoms with Gasteiger partial charge in [-0.25, -0.2) is 0 Å². The van der Waals surface area contributed by atoms with E-state index in [2.05, 4.69) is 11.8 Å². The van der Waals surface area contributed by atoms with Gasteiger partial charge < -0.3 is 9.64 Å². The molecule has 0 radical (unpaired) electrons. The normalized spacial score (nSPS) is 13.6. The summed E-state index contributed by atoms with van der Waals surface area (Å²) in [7, 11) is 5.65. The molecule has 0 aromatic heterocycles. The van der Waals surface area contributed by atoms with Gasteiger partial charge in [0.05, 0.1) is 7.11 Å². The van der Waals surface area contributed by atoms with Gasteiger partial charge in [0.15, 0.2) is 5.78 Å². The van der Waals surface area contributed by atoms with Crippen molar-refractivity contribution in [3.8, 4) is 5.75 Å². The second-order valence-electron chi connectivity index (χ2n) is 4.82. The van der Waals surface area contributed by atoms with Crippen LogP contribution in [0.3, 0.4) is 0 Å². The van der Waals surface area contributed by atoms with Crippen molar-refractivity contribution in [1.82, 2.24) is 4.90 Å². The number of methoxy groups -OCH3 is 1. The summed E-state index contributed by atoms with van der Waals surface area (Å²) in [6, 6.07) is 7.63. The Labute approximate surface area is 122 Å². The molecule has 0 amide bonds. The average Bonchev–Trinajstić information content (AvgIpc) is 2.38. The molecule has 108 valence electrons. The first-order valence-electron chi connectivity index (χ1n) is 6.36. The average molecular weight is 286 g/mol. The molecule has 3 nitrogen and oxygen atoms in total. The first kappa shape index (κ1) is 17.9. The number of carbonyl (C=O) groups is 1. The minimum atomic E-state index is -0.0166. The minimum Gasteiger partial charge on any atom is -0.497 e. The third-order valence-electron chi connectivity index (χ3n) is 3.43. The Hall–Kier alpha value is -1.06. The molecule has 1 aromatic rings. The number of carbonyl (C=O) groups excluding carboxylic acids is 1. The van der Waals surface area contributed by atoms with Crippen LogP contribution < -0.4 is 4.74 Å². The number of Topliss-reactive ketones (excluding diaryl/α,β-unsaturated/α-hetero) is 1. The lowest BCUT2D eigenvalue weighted by molar-refractivity contribution is 0.0848. The number of nitrogens with zero attached hydrogens (tertiary/aromatic N) is 1. The van der Waals surface area contributed by atoms with Crippen LogP contribution in [-0.4, -0.2) is 37.9 Å². The van der Waals surface area contributed by atoms with Crippen LogP contribution >= 0.6 is 12.4 Å². The Kier molecular flexibility index (Phi) is 7.72. The molecule has 2 atom stereocenters. The largest absolute Gasteiger partial charge is 0.497 e. The van der Waals surface area contributed by atoms with Crippen LogP contribution in [0.1, 0.15) is 30.6 Å². The van der Waals surface area contributed by atoms with Gasteiger partial charge in [0, 0.05) is 17.5 Å². The van der Waals surface area contributed by atoms with E-state index in [0.717, 1.165) is 17.7 Å². The number of hydrogen-bond donors (Lipinski definition) is 0. The van der Waals surface area contributed by atoms with Crippen LogP contribution in [0.25, 0.3) is 0 Å². The quantitative estimate of drug-likeness (QED) is 0.751. The Balaban J connectivity index is 0.00000324. The Bertz CT molecular complexity index is 407. The van der Waals surface area contributed by atoms with Gasteiger partial charge in [-0.05, 0) is 32.6 Å². The molecule has 0 saturated carbocycles. The van der Waals surface area contributed by atoms with Crippen molar-refractivity contribution >= 4 is 18.2 Å². The molecule has 0 fully saturated rings. The summed E-state index contributed by atoms with van der Waals surface area (Å²) in [6.45, 7) is 4.11. The molecule has 0 N–H and O–H groups in total. The summed E-state index contributed by atoms with van der Waals surface area (Å²) in [5, 5.41) is 0. The fraction of sp³-hybridized carbons (Fsp3) is 0.533. The second-order valence-corrected chi connectivity index (χ2v) is 4.82. The lowest BCUT2D eigenvalue weighted by atomic mass is 9.90. The van der Waals surface area contributed by atoms with E-state index in [4.69, 9.17) is 4.74 Å². The Morgan fingerprint density at radius 3 is 2.47 bits per heavy atom. The highest BCUT2D eigenvalue weighted by Gasteiger charge is 2.25. The molecule has 2 unspecified atom stereocenters. The third-order valence-corrected chi connectivity index (χ3v) is 3.43. The van der Waals surface area contributed by atoms with Crippen molar-refractivity contribution in [3.05, 3.63) is 29.8 Å². The summed E-state index contributed by atoms with van der Waals surface area (Å²) in [5.74, 6) is 0.887. The molecule has 4 heteroatoms. The van der Waals surface area contributed by atoms with Gasteiger partial charge in [0.25, 0.3) is 0 Å². The van der Waals surface area contributed by atoms with Crippen molar-refractivity contribution in [3.63, 3.8) is 0 Å². The summed E-state index contributed by atoms with van der Waals surface area (Å²) in [6.07, 6.45) is 0.962. The zero-order chi connectivity index (χ0) is 13.7. The Morgan fingerprint density at radius 1 is 1.37 bits per heavy atom. The number of halogens is 1. The van der Waals surface area contributed by atoms with Gasteiger partial charge in [-0.15, -0.1) is 12.4 Å². The maximum absolute atomic E-state index is 12.4. The summed E-state index contributed by atoms with van der Waals surface area (Å²) < 4.78 is 5.16. The zero-order valence-electron chi connectivity index (χ0n) is 12.3. The first-order chi connectivity index (χ1) is 8.51. The molecule has 19 heavy (non-hydrogen) atoms. The molecule has 0 aliphatic heterocycles. The predicted molar refractivity (Wildman–Crippen MR) is 81.5 cm³/mol. The van der Waals surface area contributed by atoms with Crippen LogP contribution in [0.5, 0.6) is 5.75 Å². The van der Waals surface area contributed by atoms with Crippen LogP contribution in [-0.2, 0) is 0 Å². The van der Waals surface area contributed by atoms with Crippen molar-refractivity contribution in [2.24, 2.45) is 5.92 Å². The number of hydrogen-bond acceptors (Lipinski definition) is 3. The maximum atomic E-state index is 12.4. The topological polar surface area (TPSA) is 29.5 Å². The van der Waals surface area contributed by atoms with Crippen molar-refractivity contribution < 1.29 is 9.53 Å². The van der Waals surface area contributed by atoms with Crippen molar-refractivity contribution in [2.75, 3.05) is 21.2 Å². The van der Waals surface area contributed by atoms with E-state index < -0.39 is 0 Å². The fourth-order valence-corrected chi connectivity index (χ4v) is 2.38. The van der Waals surface area contributed by atoms with E-state index in [1.54, 1.807) is 13.2 Å².